The fraction of sp³-hybridized carbons (Fsp3) is 0.769. The van der Waals surface area contributed by atoms with E-state index >= 15 is 0 Å². The summed E-state index contributed by atoms with van der Waals surface area (Å²) in [5.41, 5.74) is 8.88. The highest BCUT2D eigenvalue weighted by atomic mass is 16.8. The van der Waals surface area contributed by atoms with E-state index in [0.29, 0.717) is 18.4 Å². The molecule has 2 unspecified atom stereocenters. The number of esters is 1. The van der Waals surface area contributed by atoms with Gasteiger partial charge in [-0.3, -0.25) is 0 Å². The standard InChI is InChI=1S/C13H21N3O4/c1-5-13(6-2)19-10(7-9(3)12(17)18-4)11(20-13)8-15-16-14/h7,10-11H,5-6,8H2,1-4H3/b9-7+. The van der Waals surface area contributed by atoms with E-state index < -0.39 is 24.0 Å². The lowest BCUT2D eigenvalue weighted by Gasteiger charge is -2.24. The van der Waals surface area contributed by atoms with E-state index in [1.807, 2.05) is 13.8 Å². The Morgan fingerprint density at radius 3 is 2.60 bits per heavy atom. The van der Waals surface area contributed by atoms with Gasteiger partial charge in [-0.2, -0.15) is 0 Å². The summed E-state index contributed by atoms with van der Waals surface area (Å²) < 4.78 is 16.5. The summed E-state index contributed by atoms with van der Waals surface area (Å²) in [5, 5.41) is 3.54. The molecule has 1 saturated heterocycles. The van der Waals surface area contributed by atoms with Gasteiger partial charge < -0.3 is 14.2 Å². The second-order valence-corrected chi connectivity index (χ2v) is 4.61. The molecule has 0 N–H and O–H groups in total. The number of azide groups is 1. The molecule has 2 atom stereocenters. The first-order chi connectivity index (χ1) is 9.51. The van der Waals surface area contributed by atoms with Gasteiger partial charge in [-0.25, -0.2) is 4.79 Å². The average molecular weight is 283 g/mol. The monoisotopic (exact) mass is 283 g/mol. The van der Waals surface area contributed by atoms with Crippen LogP contribution < -0.4 is 0 Å². The molecule has 0 bridgehead atoms. The lowest BCUT2D eigenvalue weighted by Crippen LogP contribution is -2.29. The van der Waals surface area contributed by atoms with Crippen molar-refractivity contribution in [1.29, 1.82) is 0 Å². The van der Waals surface area contributed by atoms with E-state index in [1.165, 1.54) is 7.11 Å². The van der Waals surface area contributed by atoms with Gasteiger partial charge in [0.15, 0.2) is 5.79 Å². The van der Waals surface area contributed by atoms with Gasteiger partial charge in [-0.1, -0.05) is 19.0 Å². The van der Waals surface area contributed by atoms with Crippen molar-refractivity contribution >= 4 is 5.97 Å². The third kappa shape index (κ3) is 3.72. The number of methoxy groups -OCH3 is 1. The number of nitrogens with zero attached hydrogens (tertiary/aromatic N) is 3. The van der Waals surface area contributed by atoms with E-state index in [2.05, 4.69) is 14.8 Å². The summed E-state index contributed by atoms with van der Waals surface area (Å²) in [6.45, 7) is 5.74. The molecule has 1 aliphatic rings. The van der Waals surface area contributed by atoms with E-state index in [9.17, 15) is 4.79 Å². The molecule has 0 spiro atoms. The molecule has 0 radical (unpaired) electrons. The van der Waals surface area contributed by atoms with Crippen LogP contribution in [0.5, 0.6) is 0 Å². The van der Waals surface area contributed by atoms with Crippen molar-refractivity contribution in [3.63, 3.8) is 0 Å². The van der Waals surface area contributed by atoms with Crippen molar-refractivity contribution < 1.29 is 19.0 Å². The highest BCUT2D eigenvalue weighted by Crippen LogP contribution is 2.35. The minimum Gasteiger partial charge on any atom is -0.466 e. The Morgan fingerprint density at radius 1 is 1.45 bits per heavy atom. The van der Waals surface area contributed by atoms with Crippen molar-refractivity contribution in [3.05, 3.63) is 22.1 Å². The first-order valence-electron chi connectivity index (χ1n) is 6.65. The van der Waals surface area contributed by atoms with Gasteiger partial charge in [0.05, 0.1) is 19.8 Å². The predicted octanol–water partition coefficient (Wildman–Crippen LogP) is 2.72. The fourth-order valence-electron chi connectivity index (χ4n) is 2.15. The predicted molar refractivity (Wildman–Crippen MR) is 72.8 cm³/mol. The molecule has 0 saturated carbocycles. The Bertz CT molecular complexity index is 425. The second kappa shape index (κ2) is 7.28. The van der Waals surface area contributed by atoms with E-state index in [4.69, 9.17) is 15.0 Å². The summed E-state index contributed by atoms with van der Waals surface area (Å²) in [7, 11) is 1.32. The lowest BCUT2D eigenvalue weighted by atomic mass is 10.1. The quantitative estimate of drug-likeness (QED) is 0.246. The van der Waals surface area contributed by atoms with Gasteiger partial charge in [-0.15, -0.1) is 0 Å². The minimum atomic E-state index is -0.687. The third-order valence-corrected chi connectivity index (χ3v) is 3.41. The maximum absolute atomic E-state index is 11.5. The molecule has 7 nitrogen and oxygen atoms in total. The highest BCUT2D eigenvalue weighted by Gasteiger charge is 2.44. The molecule has 0 aliphatic carbocycles. The molecule has 112 valence electrons. The zero-order chi connectivity index (χ0) is 15.2. The van der Waals surface area contributed by atoms with Crippen LogP contribution in [0, 0.1) is 0 Å². The molecule has 1 rings (SSSR count). The SMILES string of the molecule is CCC1(CC)OC(/C=C(\C)C(=O)OC)C(CN=[N+]=[N-])O1. The summed E-state index contributed by atoms with van der Waals surface area (Å²) in [6.07, 6.45) is 2.19. The first-order valence-corrected chi connectivity index (χ1v) is 6.65. The zero-order valence-corrected chi connectivity index (χ0v) is 12.3. The molecular weight excluding hydrogens is 262 g/mol. The van der Waals surface area contributed by atoms with Crippen LogP contribution in [0.4, 0.5) is 0 Å². The van der Waals surface area contributed by atoms with Gasteiger partial charge in [0.25, 0.3) is 0 Å². The Morgan fingerprint density at radius 2 is 2.10 bits per heavy atom. The van der Waals surface area contributed by atoms with Crippen molar-refractivity contribution in [2.75, 3.05) is 13.7 Å². The lowest BCUT2D eigenvalue weighted by molar-refractivity contribution is -0.175. The Kier molecular flexibility index (Phi) is 6.01. The molecule has 0 amide bonds. The molecule has 0 aromatic rings. The summed E-state index contributed by atoms with van der Waals surface area (Å²) in [4.78, 5) is 14.2. The Hall–Kier alpha value is -1.56. The first kappa shape index (κ1) is 16.5. The molecular formula is C13H21N3O4. The smallest absolute Gasteiger partial charge is 0.333 e. The van der Waals surface area contributed by atoms with Crippen molar-refractivity contribution in [2.45, 2.75) is 51.6 Å². The highest BCUT2D eigenvalue weighted by molar-refractivity contribution is 5.87. The minimum absolute atomic E-state index is 0.161. The Labute approximate surface area is 118 Å². The van der Waals surface area contributed by atoms with Gasteiger partial charge in [-0.05, 0) is 31.4 Å². The average Bonchev–Trinajstić information content (AvgIpc) is 2.82. The molecule has 1 fully saturated rings. The maximum atomic E-state index is 11.5. The van der Waals surface area contributed by atoms with Crippen LogP contribution in [0.15, 0.2) is 16.8 Å². The van der Waals surface area contributed by atoms with Crippen LogP contribution in [0.3, 0.4) is 0 Å². The molecule has 1 heterocycles. The van der Waals surface area contributed by atoms with E-state index in [-0.39, 0.29) is 6.54 Å². The van der Waals surface area contributed by atoms with E-state index in [1.54, 1.807) is 13.0 Å². The van der Waals surface area contributed by atoms with Gasteiger partial charge in [0.2, 0.25) is 0 Å². The van der Waals surface area contributed by atoms with Crippen LogP contribution in [0.25, 0.3) is 10.4 Å². The number of carbonyl (C=O) groups excluding carboxylic acids is 1. The molecule has 0 aromatic carbocycles. The van der Waals surface area contributed by atoms with Crippen molar-refractivity contribution in [1.82, 2.24) is 0 Å². The van der Waals surface area contributed by atoms with Gasteiger partial charge in [0.1, 0.15) is 6.10 Å². The number of hydrogen-bond donors (Lipinski definition) is 0. The van der Waals surface area contributed by atoms with Crippen molar-refractivity contribution in [2.24, 2.45) is 5.11 Å². The number of rotatable bonds is 6. The number of ether oxygens (including phenoxy) is 3. The van der Waals surface area contributed by atoms with Gasteiger partial charge >= 0.3 is 5.97 Å². The third-order valence-electron chi connectivity index (χ3n) is 3.41. The molecule has 1 aliphatic heterocycles. The van der Waals surface area contributed by atoms with Crippen LogP contribution in [0.2, 0.25) is 0 Å². The Balaban J connectivity index is 2.94. The molecule has 7 heteroatoms. The number of hydrogen-bond acceptors (Lipinski definition) is 5. The van der Waals surface area contributed by atoms with Crippen LogP contribution >= 0.6 is 0 Å². The molecule has 20 heavy (non-hydrogen) atoms. The van der Waals surface area contributed by atoms with Crippen LogP contribution in [-0.2, 0) is 19.0 Å². The molecule has 0 aromatic heterocycles. The van der Waals surface area contributed by atoms with Crippen LogP contribution in [-0.4, -0.2) is 37.6 Å². The normalized spacial score (nSPS) is 25.1. The maximum Gasteiger partial charge on any atom is 0.333 e. The van der Waals surface area contributed by atoms with E-state index in [0.717, 1.165) is 0 Å². The largest absolute Gasteiger partial charge is 0.466 e. The van der Waals surface area contributed by atoms with Crippen LogP contribution in [0.1, 0.15) is 33.6 Å². The topological polar surface area (TPSA) is 93.5 Å². The zero-order valence-electron chi connectivity index (χ0n) is 12.3. The summed E-state index contributed by atoms with van der Waals surface area (Å²) >= 11 is 0. The number of carbonyl (C=O) groups is 1. The van der Waals surface area contributed by atoms with Crippen molar-refractivity contribution in [3.8, 4) is 0 Å². The fourth-order valence-corrected chi connectivity index (χ4v) is 2.15. The summed E-state index contributed by atoms with van der Waals surface area (Å²) in [6, 6.07) is 0. The van der Waals surface area contributed by atoms with Gasteiger partial charge in [0, 0.05) is 10.5 Å². The second-order valence-electron chi connectivity index (χ2n) is 4.61. The summed E-state index contributed by atoms with van der Waals surface area (Å²) in [5.74, 6) is -1.10.